The van der Waals surface area contributed by atoms with E-state index in [-0.39, 0.29) is 11.8 Å². The van der Waals surface area contributed by atoms with Crippen LogP contribution < -0.4 is 5.43 Å². The highest BCUT2D eigenvalue weighted by atomic mass is 35.5. The Bertz CT molecular complexity index is 513. The standard InChI is InChI=1S/C12H11ClN2O2/c1-7-8(2)12(17)15(11(7)16)14-10-6-4-3-5-9(10)13/h3-6,14H,1-2H3. The Balaban J connectivity index is 2.26. The fourth-order valence-corrected chi connectivity index (χ4v) is 1.70. The lowest BCUT2D eigenvalue weighted by Crippen LogP contribution is -2.36. The lowest BCUT2D eigenvalue weighted by molar-refractivity contribution is -0.135. The number of hydrogen-bond acceptors (Lipinski definition) is 3. The van der Waals surface area contributed by atoms with Crippen molar-refractivity contribution < 1.29 is 9.59 Å². The first-order valence-electron chi connectivity index (χ1n) is 5.10. The Hall–Kier alpha value is -1.81. The van der Waals surface area contributed by atoms with E-state index in [1.807, 2.05) is 0 Å². The summed E-state index contributed by atoms with van der Waals surface area (Å²) in [6, 6.07) is 6.93. The van der Waals surface area contributed by atoms with Crippen LogP contribution in [0.25, 0.3) is 0 Å². The Morgan fingerprint density at radius 1 is 1.06 bits per heavy atom. The van der Waals surface area contributed by atoms with E-state index in [4.69, 9.17) is 11.6 Å². The molecule has 1 aliphatic heterocycles. The topological polar surface area (TPSA) is 49.4 Å². The van der Waals surface area contributed by atoms with Crippen molar-refractivity contribution in [3.8, 4) is 0 Å². The Labute approximate surface area is 104 Å². The minimum absolute atomic E-state index is 0.340. The number of para-hydroxylation sites is 1. The van der Waals surface area contributed by atoms with Crippen LogP contribution in [0, 0.1) is 0 Å². The lowest BCUT2D eigenvalue weighted by atomic mass is 10.2. The molecule has 0 saturated heterocycles. The maximum atomic E-state index is 11.8. The van der Waals surface area contributed by atoms with E-state index in [9.17, 15) is 9.59 Å². The zero-order valence-corrected chi connectivity index (χ0v) is 10.2. The molecular weight excluding hydrogens is 240 g/mol. The summed E-state index contributed by atoms with van der Waals surface area (Å²) in [5.74, 6) is -0.681. The van der Waals surface area contributed by atoms with Crippen LogP contribution in [0.4, 0.5) is 5.69 Å². The van der Waals surface area contributed by atoms with Crippen molar-refractivity contribution in [1.29, 1.82) is 0 Å². The van der Waals surface area contributed by atoms with Crippen LogP contribution in [0.1, 0.15) is 13.8 Å². The van der Waals surface area contributed by atoms with E-state index in [1.54, 1.807) is 38.1 Å². The van der Waals surface area contributed by atoms with Crippen molar-refractivity contribution in [3.63, 3.8) is 0 Å². The third-order valence-corrected chi connectivity index (χ3v) is 3.05. The maximum absolute atomic E-state index is 11.8. The number of carbonyl (C=O) groups excluding carboxylic acids is 2. The summed E-state index contributed by atoms with van der Waals surface area (Å²) in [5, 5.41) is 1.43. The molecule has 0 aromatic heterocycles. The highest BCUT2D eigenvalue weighted by molar-refractivity contribution is 6.33. The van der Waals surface area contributed by atoms with Gasteiger partial charge in [0.05, 0.1) is 10.7 Å². The second kappa shape index (κ2) is 4.22. The second-order valence-electron chi connectivity index (χ2n) is 3.79. The van der Waals surface area contributed by atoms with E-state index in [1.165, 1.54) is 0 Å². The van der Waals surface area contributed by atoms with E-state index in [0.717, 1.165) is 5.01 Å². The number of benzene rings is 1. The Morgan fingerprint density at radius 2 is 1.59 bits per heavy atom. The fraction of sp³-hybridized carbons (Fsp3) is 0.167. The van der Waals surface area contributed by atoms with Gasteiger partial charge in [-0.3, -0.25) is 15.0 Å². The summed E-state index contributed by atoms with van der Waals surface area (Å²) in [4.78, 5) is 23.6. The number of nitrogens with one attached hydrogen (secondary N) is 1. The van der Waals surface area contributed by atoms with Crippen molar-refractivity contribution in [2.75, 3.05) is 5.43 Å². The number of hydrogen-bond donors (Lipinski definition) is 1. The molecule has 0 saturated carbocycles. The van der Waals surface area contributed by atoms with Crippen molar-refractivity contribution in [2.45, 2.75) is 13.8 Å². The van der Waals surface area contributed by atoms with E-state index in [0.29, 0.717) is 21.9 Å². The molecule has 88 valence electrons. The molecule has 0 aliphatic carbocycles. The van der Waals surface area contributed by atoms with Crippen LogP contribution in [-0.4, -0.2) is 16.8 Å². The third-order valence-electron chi connectivity index (χ3n) is 2.72. The first kappa shape index (κ1) is 11.7. The molecule has 5 heteroatoms. The first-order chi connectivity index (χ1) is 8.02. The number of amides is 2. The van der Waals surface area contributed by atoms with Crippen molar-refractivity contribution in [3.05, 3.63) is 40.4 Å². The smallest absolute Gasteiger partial charge is 0.275 e. The average Bonchev–Trinajstić information content (AvgIpc) is 2.50. The highest BCUT2D eigenvalue weighted by Crippen LogP contribution is 2.25. The molecule has 0 atom stereocenters. The largest absolute Gasteiger partial charge is 0.287 e. The molecule has 4 nitrogen and oxygen atoms in total. The summed E-state index contributed by atoms with van der Waals surface area (Å²) in [7, 11) is 0. The summed E-state index contributed by atoms with van der Waals surface area (Å²) < 4.78 is 0. The summed E-state index contributed by atoms with van der Waals surface area (Å²) in [6.07, 6.45) is 0. The van der Waals surface area contributed by atoms with Crippen molar-refractivity contribution in [2.24, 2.45) is 0 Å². The van der Waals surface area contributed by atoms with Crippen LogP contribution in [-0.2, 0) is 9.59 Å². The van der Waals surface area contributed by atoms with Crippen LogP contribution in [0.5, 0.6) is 0 Å². The van der Waals surface area contributed by atoms with Gasteiger partial charge >= 0.3 is 0 Å². The molecule has 1 aromatic rings. The number of imide groups is 1. The molecule has 2 amide bonds. The molecule has 1 aromatic carbocycles. The van der Waals surface area contributed by atoms with Crippen LogP contribution in [0.15, 0.2) is 35.4 Å². The fourth-order valence-electron chi connectivity index (χ4n) is 1.52. The summed E-state index contributed by atoms with van der Waals surface area (Å²) in [6.45, 7) is 3.26. The molecule has 0 bridgehead atoms. The van der Waals surface area contributed by atoms with Gasteiger partial charge in [-0.05, 0) is 26.0 Å². The zero-order chi connectivity index (χ0) is 12.6. The molecule has 1 heterocycles. The van der Waals surface area contributed by atoms with Crippen molar-refractivity contribution in [1.82, 2.24) is 5.01 Å². The normalized spacial score (nSPS) is 15.8. The third kappa shape index (κ3) is 1.91. The molecule has 1 aliphatic rings. The van der Waals surface area contributed by atoms with Gasteiger partial charge in [-0.15, -0.1) is 0 Å². The van der Waals surface area contributed by atoms with Gasteiger partial charge in [-0.25, -0.2) is 0 Å². The number of rotatable bonds is 2. The molecule has 1 N–H and O–H groups in total. The van der Waals surface area contributed by atoms with Crippen molar-refractivity contribution >= 4 is 29.1 Å². The Kier molecular flexibility index (Phi) is 2.90. The van der Waals surface area contributed by atoms with Gasteiger partial charge < -0.3 is 0 Å². The predicted molar refractivity (Wildman–Crippen MR) is 65.3 cm³/mol. The molecule has 0 spiro atoms. The zero-order valence-electron chi connectivity index (χ0n) is 9.45. The van der Waals surface area contributed by atoms with Gasteiger partial charge in [0, 0.05) is 11.1 Å². The highest BCUT2D eigenvalue weighted by Gasteiger charge is 2.33. The predicted octanol–water partition coefficient (Wildman–Crippen LogP) is 2.37. The first-order valence-corrected chi connectivity index (χ1v) is 5.47. The molecule has 0 unspecified atom stereocenters. The number of hydrazine groups is 1. The molecule has 2 rings (SSSR count). The number of halogens is 1. The summed E-state index contributed by atoms with van der Waals surface area (Å²) >= 11 is 5.95. The van der Waals surface area contributed by atoms with Crippen LogP contribution >= 0.6 is 11.6 Å². The minimum Gasteiger partial charge on any atom is -0.287 e. The minimum atomic E-state index is -0.340. The number of anilines is 1. The number of carbonyl (C=O) groups is 2. The second-order valence-corrected chi connectivity index (χ2v) is 4.19. The van der Waals surface area contributed by atoms with E-state index in [2.05, 4.69) is 5.43 Å². The van der Waals surface area contributed by atoms with Crippen LogP contribution in [0.2, 0.25) is 5.02 Å². The molecular formula is C12H11ClN2O2. The van der Waals surface area contributed by atoms with Gasteiger partial charge in [0.1, 0.15) is 0 Å². The van der Waals surface area contributed by atoms with Gasteiger partial charge in [-0.2, -0.15) is 5.01 Å². The van der Waals surface area contributed by atoms with Gasteiger partial charge in [-0.1, -0.05) is 23.7 Å². The molecule has 0 fully saturated rings. The monoisotopic (exact) mass is 250 g/mol. The SMILES string of the molecule is CC1=C(C)C(=O)N(Nc2ccccc2Cl)C1=O. The number of nitrogens with zero attached hydrogens (tertiary/aromatic N) is 1. The van der Waals surface area contributed by atoms with Gasteiger partial charge in [0.2, 0.25) is 0 Å². The van der Waals surface area contributed by atoms with E-state index < -0.39 is 0 Å². The van der Waals surface area contributed by atoms with Gasteiger partial charge in [0.25, 0.3) is 11.8 Å². The van der Waals surface area contributed by atoms with Crippen LogP contribution in [0.3, 0.4) is 0 Å². The Morgan fingerprint density at radius 3 is 2.12 bits per heavy atom. The molecule has 17 heavy (non-hydrogen) atoms. The average molecular weight is 251 g/mol. The maximum Gasteiger partial charge on any atom is 0.275 e. The molecule has 0 radical (unpaired) electrons. The quantitative estimate of drug-likeness (QED) is 0.820. The lowest BCUT2D eigenvalue weighted by Gasteiger charge is -2.17. The summed E-state index contributed by atoms with van der Waals surface area (Å²) in [5.41, 5.74) is 4.16. The van der Waals surface area contributed by atoms with Gasteiger partial charge in [0.15, 0.2) is 0 Å². The van der Waals surface area contributed by atoms with E-state index >= 15 is 0 Å².